The highest BCUT2D eigenvalue weighted by molar-refractivity contribution is 7.80. The molecule has 8 nitrogen and oxygen atoms in total. The molecule has 0 saturated carbocycles. The topological polar surface area (TPSA) is 93.0 Å². The normalized spacial score (nSPS) is 16.2. The molecule has 0 aliphatic carbocycles. The molecule has 0 unspecified atom stereocenters. The number of esters is 1. The predicted octanol–water partition coefficient (Wildman–Crippen LogP) is 1.17. The van der Waals surface area contributed by atoms with Crippen molar-refractivity contribution in [2.75, 3.05) is 20.7 Å². The minimum atomic E-state index is -0.592. The van der Waals surface area contributed by atoms with Gasteiger partial charge in [0.25, 0.3) is 11.6 Å². The molecular formula is C14H13N3O5S. The van der Waals surface area contributed by atoms with E-state index in [1.54, 1.807) is 13.1 Å². The number of non-ortho nitro benzene ring substituents is 1. The maximum atomic E-state index is 12.4. The summed E-state index contributed by atoms with van der Waals surface area (Å²) in [6.45, 7) is -0.287. The second-order valence-electron chi connectivity index (χ2n) is 4.69. The largest absolute Gasteiger partial charge is 0.468 e. The minimum Gasteiger partial charge on any atom is -0.468 e. The number of likely N-dealkylation sites (N-methyl/N-ethyl adjacent to an activating group) is 1. The van der Waals surface area contributed by atoms with Crippen molar-refractivity contribution >= 4 is 41.0 Å². The number of benzene rings is 1. The van der Waals surface area contributed by atoms with Crippen LogP contribution in [0.5, 0.6) is 0 Å². The first-order valence-corrected chi connectivity index (χ1v) is 6.88. The Labute approximate surface area is 137 Å². The molecule has 9 heteroatoms. The summed E-state index contributed by atoms with van der Waals surface area (Å²) < 4.78 is 4.53. The van der Waals surface area contributed by atoms with Crippen LogP contribution in [-0.4, -0.2) is 52.4 Å². The van der Waals surface area contributed by atoms with Crippen LogP contribution in [0.25, 0.3) is 6.08 Å². The first-order chi connectivity index (χ1) is 10.8. The Morgan fingerprint density at radius 2 is 2.17 bits per heavy atom. The quantitative estimate of drug-likeness (QED) is 0.268. The van der Waals surface area contributed by atoms with Gasteiger partial charge in [-0.2, -0.15) is 0 Å². The number of nitro benzene ring substituents is 1. The van der Waals surface area contributed by atoms with E-state index in [1.165, 1.54) is 36.3 Å². The van der Waals surface area contributed by atoms with Gasteiger partial charge in [-0.3, -0.25) is 24.6 Å². The van der Waals surface area contributed by atoms with Crippen LogP contribution in [0.2, 0.25) is 0 Å². The summed E-state index contributed by atoms with van der Waals surface area (Å²) in [6, 6.07) is 5.86. The zero-order valence-electron chi connectivity index (χ0n) is 12.4. The van der Waals surface area contributed by atoms with E-state index in [-0.39, 0.29) is 23.0 Å². The molecule has 1 aromatic carbocycles. The molecule has 0 atom stereocenters. The number of hydrogen-bond donors (Lipinski definition) is 0. The maximum absolute atomic E-state index is 12.4. The van der Waals surface area contributed by atoms with Crippen LogP contribution in [0.3, 0.4) is 0 Å². The average Bonchev–Trinajstić information content (AvgIpc) is 2.73. The van der Waals surface area contributed by atoms with Gasteiger partial charge in [0.1, 0.15) is 12.2 Å². The monoisotopic (exact) mass is 335 g/mol. The van der Waals surface area contributed by atoms with E-state index in [1.807, 2.05) is 0 Å². The van der Waals surface area contributed by atoms with Gasteiger partial charge < -0.3 is 9.64 Å². The fourth-order valence-electron chi connectivity index (χ4n) is 2.03. The van der Waals surface area contributed by atoms with Crippen molar-refractivity contribution in [3.05, 3.63) is 45.6 Å². The van der Waals surface area contributed by atoms with Gasteiger partial charge in [-0.1, -0.05) is 12.1 Å². The smallest absolute Gasteiger partial charge is 0.325 e. The molecule has 1 heterocycles. The maximum Gasteiger partial charge on any atom is 0.325 e. The predicted molar refractivity (Wildman–Crippen MR) is 85.2 cm³/mol. The third kappa shape index (κ3) is 3.34. The number of thiocarbonyl (C=S) groups is 1. The molecule has 1 aliphatic heterocycles. The zero-order valence-corrected chi connectivity index (χ0v) is 13.2. The standard InChI is InChI=1S/C14H13N3O5S/c1-15-11(7-9-4-3-5-10(6-9)17(20)21)13(19)16(14(15)23)8-12(18)22-2/h3-7H,8H2,1-2H3/b11-7-. The lowest BCUT2D eigenvalue weighted by Gasteiger charge is -2.14. The molecule has 1 fully saturated rings. The van der Waals surface area contributed by atoms with Gasteiger partial charge in [0.2, 0.25) is 0 Å². The van der Waals surface area contributed by atoms with Gasteiger partial charge in [0.15, 0.2) is 5.11 Å². The van der Waals surface area contributed by atoms with Crippen molar-refractivity contribution in [3.63, 3.8) is 0 Å². The molecular weight excluding hydrogens is 322 g/mol. The summed E-state index contributed by atoms with van der Waals surface area (Å²) in [5, 5.41) is 11.0. The highest BCUT2D eigenvalue weighted by Crippen LogP contribution is 2.23. The van der Waals surface area contributed by atoms with Crippen molar-refractivity contribution < 1.29 is 19.2 Å². The molecule has 1 amide bonds. The van der Waals surface area contributed by atoms with E-state index >= 15 is 0 Å². The Morgan fingerprint density at radius 3 is 2.78 bits per heavy atom. The van der Waals surface area contributed by atoms with Crippen LogP contribution in [0.4, 0.5) is 5.69 Å². The Morgan fingerprint density at radius 1 is 1.48 bits per heavy atom. The van der Waals surface area contributed by atoms with E-state index in [0.29, 0.717) is 5.56 Å². The number of ether oxygens (including phenoxy) is 1. The van der Waals surface area contributed by atoms with Crippen LogP contribution < -0.4 is 0 Å². The van der Waals surface area contributed by atoms with Crippen LogP contribution in [0, 0.1) is 10.1 Å². The van der Waals surface area contributed by atoms with E-state index in [4.69, 9.17) is 12.2 Å². The summed E-state index contributed by atoms with van der Waals surface area (Å²) in [5.74, 6) is -1.06. The van der Waals surface area contributed by atoms with E-state index < -0.39 is 16.8 Å². The van der Waals surface area contributed by atoms with Crippen LogP contribution in [0.15, 0.2) is 30.0 Å². The van der Waals surface area contributed by atoms with Crippen molar-refractivity contribution in [2.24, 2.45) is 0 Å². The Balaban J connectivity index is 2.34. The number of methoxy groups -OCH3 is 1. The Bertz CT molecular complexity index is 731. The van der Waals surface area contributed by atoms with Crippen LogP contribution in [-0.2, 0) is 14.3 Å². The molecule has 0 radical (unpaired) electrons. The Hall–Kier alpha value is -2.81. The van der Waals surface area contributed by atoms with Crippen LogP contribution in [0.1, 0.15) is 5.56 Å². The fourth-order valence-corrected chi connectivity index (χ4v) is 2.28. The molecule has 2 rings (SSSR count). The molecule has 1 aliphatic rings. The first kappa shape index (κ1) is 16.6. The molecule has 0 aromatic heterocycles. The van der Waals surface area contributed by atoms with Gasteiger partial charge in [-0.15, -0.1) is 0 Å². The minimum absolute atomic E-state index is 0.0820. The van der Waals surface area contributed by atoms with Crippen molar-refractivity contribution in [1.29, 1.82) is 0 Å². The SMILES string of the molecule is COC(=O)CN1C(=O)/C(=C/c2cccc([N+](=O)[O-])c2)N(C)C1=S. The Kier molecular flexibility index (Phi) is 4.70. The van der Waals surface area contributed by atoms with E-state index in [0.717, 1.165) is 4.90 Å². The van der Waals surface area contributed by atoms with Crippen molar-refractivity contribution in [1.82, 2.24) is 9.80 Å². The molecule has 1 aromatic rings. The van der Waals surface area contributed by atoms with Gasteiger partial charge in [0, 0.05) is 19.2 Å². The summed E-state index contributed by atoms with van der Waals surface area (Å²) in [7, 11) is 2.80. The third-order valence-electron chi connectivity index (χ3n) is 3.24. The number of carbonyl (C=O) groups excluding carboxylic acids is 2. The van der Waals surface area contributed by atoms with Gasteiger partial charge in [-0.25, -0.2) is 0 Å². The van der Waals surface area contributed by atoms with E-state index in [9.17, 15) is 19.7 Å². The lowest BCUT2D eigenvalue weighted by atomic mass is 10.1. The number of hydrogen-bond acceptors (Lipinski definition) is 6. The van der Waals surface area contributed by atoms with Gasteiger partial charge in [-0.05, 0) is 23.9 Å². The van der Waals surface area contributed by atoms with Gasteiger partial charge >= 0.3 is 5.97 Å². The molecule has 0 bridgehead atoms. The molecule has 120 valence electrons. The summed E-state index contributed by atoms with van der Waals surface area (Å²) in [6.07, 6.45) is 1.49. The molecule has 23 heavy (non-hydrogen) atoms. The fraction of sp³-hybridized carbons (Fsp3) is 0.214. The number of rotatable bonds is 4. The lowest BCUT2D eigenvalue weighted by molar-refractivity contribution is -0.384. The highest BCUT2D eigenvalue weighted by Gasteiger charge is 2.37. The average molecular weight is 335 g/mol. The highest BCUT2D eigenvalue weighted by atomic mass is 32.1. The molecule has 0 spiro atoms. The van der Waals surface area contributed by atoms with Crippen molar-refractivity contribution in [3.8, 4) is 0 Å². The zero-order chi connectivity index (χ0) is 17.1. The summed E-state index contributed by atoms with van der Waals surface area (Å²) in [5.41, 5.74) is 0.623. The number of nitrogens with zero attached hydrogens (tertiary/aromatic N) is 3. The third-order valence-corrected chi connectivity index (χ3v) is 3.74. The number of carbonyl (C=O) groups is 2. The first-order valence-electron chi connectivity index (χ1n) is 6.47. The number of amides is 1. The second-order valence-corrected chi connectivity index (χ2v) is 5.06. The number of nitro groups is 1. The van der Waals surface area contributed by atoms with Crippen LogP contribution >= 0.6 is 12.2 Å². The lowest BCUT2D eigenvalue weighted by Crippen LogP contribution is -2.36. The summed E-state index contributed by atoms with van der Waals surface area (Å²) >= 11 is 5.14. The van der Waals surface area contributed by atoms with Gasteiger partial charge in [0.05, 0.1) is 12.0 Å². The molecule has 0 N–H and O–H groups in total. The van der Waals surface area contributed by atoms with E-state index in [2.05, 4.69) is 4.74 Å². The van der Waals surface area contributed by atoms with Crippen molar-refractivity contribution in [2.45, 2.75) is 0 Å². The second kappa shape index (κ2) is 6.53. The molecule has 1 saturated heterocycles. The summed E-state index contributed by atoms with van der Waals surface area (Å²) in [4.78, 5) is 36.6.